The van der Waals surface area contributed by atoms with E-state index in [9.17, 15) is 9.59 Å². The molecule has 1 amide bonds. The highest BCUT2D eigenvalue weighted by Gasteiger charge is 2.10. The predicted molar refractivity (Wildman–Crippen MR) is 62.2 cm³/mol. The molecule has 92 valence electrons. The third kappa shape index (κ3) is 7.00. The van der Waals surface area contributed by atoms with Gasteiger partial charge in [-0.3, -0.25) is 4.79 Å². The zero-order valence-electron chi connectivity index (χ0n) is 10.0. The van der Waals surface area contributed by atoms with Crippen LogP contribution in [-0.4, -0.2) is 36.1 Å². The summed E-state index contributed by atoms with van der Waals surface area (Å²) in [6, 6.07) is -0.316. The number of hydrogen-bond acceptors (Lipinski definition) is 3. The Balaban J connectivity index is 3.92. The van der Waals surface area contributed by atoms with Crippen LogP contribution in [0.2, 0.25) is 0 Å². The fraction of sp³-hybridized carbons (Fsp3) is 0.636. The van der Waals surface area contributed by atoms with Crippen molar-refractivity contribution in [3.05, 3.63) is 11.6 Å². The van der Waals surface area contributed by atoms with Crippen LogP contribution in [0.5, 0.6) is 0 Å². The Hall–Kier alpha value is -1.36. The smallest absolute Gasteiger partial charge is 0.328 e. The molecule has 0 aromatic carbocycles. The quantitative estimate of drug-likeness (QED) is 0.555. The molecular formula is C11H20N2O3. The van der Waals surface area contributed by atoms with Crippen LogP contribution in [0.3, 0.4) is 0 Å². The second kappa shape index (κ2) is 7.87. The first kappa shape index (κ1) is 14.6. The van der Waals surface area contributed by atoms with Gasteiger partial charge in [0.1, 0.15) is 0 Å². The maximum atomic E-state index is 11.4. The van der Waals surface area contributed by atoms with E-state index in [1.807, 2.05) is 6.92 Å². The summed E-state index contributed by atoms with van der Waals surface area (Å²) in [5.41, 5.74) is 0.683. The largest absolute Gasteiger partial charge is 0.478 e. The molecule has 0 radical (unpaired) electrons. The molecule has 0 aliphatic carbocycles. The number of aliphatic carboxylic acids is 1. The van der Waals surface area contributed by atoms with Gasteiger partial charge in [0, 0.05) is 19.2 Å². The lowest BCUT2D eigenvalue weighted by molar-refractivity contribution is -0.131. The Morgan fingerprint density at radius 2 is 2.06 bits per heavy atom. The Labute approximate surface area is 95.9 Å². The molecule has 0 aromatic heterocycles. The van der Waals surface area contributed by atoms with E-state index in [0.717, 1.165) is 12.5 Å². The summed E-state index contributed by atoms with van der Waals surface area (Å²) in [6.45, 7) is 6.50. The zero-order chi connectivity index (χ0) is 12.6. The minimum Gasteiger partial charge on any atom is -0.478 e. The fourth-order valence-electron chi connectivity index (χ4n) is 1.07. The summed E-state index contributed by atoms with van der Waals surface area (Å²) in [7, 11) is 0. The second-order valence-electron chi connectivity index (χ2n) is 3.72. The number of rotatable bonds is 7. The highest BCUT2D eigenvalue weighted by atomic mass is 16.4. The first-order valence-corrected chi connectivity index (χ1v) is 5.38. The molecule has 1 atom stereocenters. The minimum atomic E-state index is -0.970. The molecule has 0 spiro atoms. The van der Waals surface area contributed by atoms with Gasteiger partial charge in [-0.15, -0.1) is 0 Å². The van der Waals surface area contributed by atoms with Crippen molar-refractivity contribution in [3.8, 4) is 0 Å². The van der Waals surface area contributed by atoms with E-state index in [4.69, 9.17) is 5.11 Å². The average Bonchev–Trinajstić information content (AvgIpc) is 2.21. The van der Waals surface area contributed by atoms with Crippen LogP contribution in [0.25, 0.3) is 0 Å². The SMILES string of the molecule is CCCNC(=O)C(C)NCC(C)=CC(=O)O. The van der Waals surface area contributed by atoms with E-state index < -0.39 is 5.97 Å². The maximum Gasteiger partial charge on any atom is 0.328 e. The van der Waals surface area contributed by atoms with Crippen LogP contribution in [0.4, 0.5) is 0 Å². The molecule has 0 aromatic rings. The molecule has 0 saturated heterocycles. The molecule has 0 saturated carbocycles. The normalized spacial score (nSPS) is 13.3. The van der Waals surface area contributed by atoms with Crippen LogP contribution >= 0.6 is 0 Å². The fourth-order valence-corrected chi connectivity index (χ4v) is 1.07. The third-order valence-corrected chi connectivity index (χ3v) is 2.00. The molecule has 16 heavy (non-hydrogen) atoms. The van der Waals surface area contributed by atoms with Gasteiger partial charge in [0.25, 0.3) is 0 Å². The van der Waals surface area contributed by atoms with E-state index in [-0.39, 0.29) is 11.9 Å². The monoisotopic (exact) mass is 228 g/mol. The Morgan fingerprint density at radius 3 is 2.56 bits per heavy atom. The number of amides is 1. The van der Waals surface area contributed by atoms with Crippen molar-refractivity contribution in [1.82, 2.24) is 10.6 Å². The van der Waals surface area contributed by atoms with E-state index in [1.54, 1.807) is 13.8 Å². The summed E-state index contributed by atoms with van der Waals surface area (Å²) >= 11 is 0. The molecule has 0 bridgehead atoms. The van der Waals surface area contributed by atoms with Crippen LogP contribution in [0.1, 0.15) is 27.2 Å². The van der Waals surface area contributed by atoms with Crippen molar-refractivity contribution in [3.63, 3.8) is 0 Å². The van der Waals surface area contributed by atoms with Gasteiger partial charge in [0.05, 0.1) is 6.04 Å². The first-order chi connectivity index (χ1) is 7.47. The number of carboxylic acid groups (broad SMARTS) is 1. The molecule has 3 N–H and O–H groups in total. The van der Waals surface area contributed by atoms with Crippen molar-refractivity contribution in [2.75, 3.05) is 13.1 Å². The summed E-state index contributed by atoms with van der Waals surface area (Å²) in [5, 5.41) is 14.2. The highest BCUT2D eigenvalue weighted by molar-refractivity contribution is 5.81. The summed E-state index contributed by atoms with van der Waals surface area (Å²) < 4.78 is 0. The molecule has 1 unspecified atom stereocenters. The van der Waals surface area contributed by atoms with E-state index in [0.29, 0.717) is 18.7 Å². The Kier molecular flexibility index (Phi) is 7.20. The van der Waals surface area contributed by atoms with Gasteiger partial charge in [-0.2, -0.15) is 0 Å². The van der Waals surface area contributed by atoms with Crippen LogP contribution in [-0.2, 0) is 9.59 Å². The van der Waals surface area contributed by atoms with Crippen molar-refractivity contribution in [2.45, 2.75) is 33.2 Å². The number of carbonyl (C=O) groups is 2. The van der Waals surface area contributed by atoms with Gasteiger partial charge < -0.3 is 15.7 Å². The van der Waals surface area contributed by atoms with E-state index >= 15 is 0 Å². The average molecular weight is 228 g/mol. The lowest BCUT2D eigenvalue weighted by Gasteiger charge is -2.13. The molecule has 0 aliphatic rings. The molecule has 5 nitrogen and oxygen atoms in total. The summed E-state index contributed by atoms with van der Waals surface area (Å²) in [5.74, 6) is -1.03. The van der Waals surface area contributed by atoms with Gasteiger partial charge in [0.15, 0.2) is 0 Å². The molecule has 0 aliphatic heterocycles. The summed E-state index contributed by atoms with van der Waals surface area (Å²) in [4.78, 5) is 21.8. The van der Waals surface area contributed by atoms with Gasteiger partial charge in [-0.25, -0.2) is 4.79 Å². The van der Waals surface area contributed by atoms with Gasteiger partial charge >= 0.3 is 5.97 Å². The van der Waals surface area contributed by atoms with Crippen molar-refractivity contribution >= 4 is 11.9 Å². The number of carboxylic acids is 1. The van der Waals surface area contributed by atoms with Crippen LogP contribution in [0.15, 0.2) is 11.6 Å². The van der Waals surface area contributed by atoms with Crippen LogP contribution < -0.4 is 10.6 Å². The molecule has 0 heterocycles. The Morgan fingerprint density at radius 1 is 1.44 bits per heavy atom. The predicted octanol–water partition coefficient (Wildman–Crippen LogP) is 0.522. The van der Waals surface area contributed by atoms with Gasteiger partial charge in [-0.1, -0.05) is 12.5 Å². The standard InChI is InChI=1S/C11H20N2O3/c1-4-5-12-11(16)9(3)13-7-8(2)6-10(14)15/h6,9,13H,4-5,7H2,1-3H3,(H,12,16)(H,14,15). The lowest BCUT2D eigenvalue weighted by atomic mass is 10.2. The van der Waals surface area contributed by atoms with Crippen molar-refractivity contribution in [1.29, 1.82) is 0 Å². The first-order valence-electron chi connectivity index (χ1n) is 5.38. The lowest BCUT2D eigenvalue weighted by Crippen LogP contribution is -2.42. The molecule has 5 heteroatoms. The summed E-state index contributed by atoms with van der Waals surface area (Å²) in [6.07, 6.45) is 2.03. The zero-order valence-corrected chi connectivity index (χ0v) is 10.0. The molecular weight excluding hydrogens is 208 g/mol. The number of carbonyl (C=O) groups excluding carboxylic acids is 1. The van der Waals surface area contributed by atoms with Crippen molar-refractivity contribution in [2.24, 2.45) is 0 Å². The Bertz CT molecular complexity index is 274. The maximum absolute atomic E-state index is 11.4. The molecule has 0 rings (SSSR count). The van der Waals surface area contributed by atoms with Crippen LogP contribution in [0, 0.1) is 0 Å². The number of nitrogens with one attached hydrogen (secondary N) is 2. The van der Waals surface area contributed by atoms with Crippen molar-refractivity contribution < 1.29 is 14.7 Å². The molecule has 0 fully saturated rings. The highest BCUT2D eigenvalue weighted by Crippen LogP contribution is 1.91. The third-order valence-electron chi connectivity index (χ3n) is 2.00. The topological polar surface area (TPSA) is 78.4 Å². The van der Waals surface area contributed by atoms with Gasteiger partial charge in [0.2, 0.25) is 5.91 Å². The number of hydrogen-bond donors (Lipinski definition) is 3. The second-order valence-corrected chi connectivity index (χ2v) is 3.72. The minimum absolute atomic E-state index is 0.0648. The van der Waals surface area contributed by atoms with E-state index in [1.165, 1.54) is 0 Å². The van der Waals surface area contributed by atoms with Gasteiger partial charge in [-0.05, 0) is 20.3 Å². The van der Waals surface area contributed by atoms with E-state index in [2.05, 4.69) is 10.6 Å².